The maximum atomic E-state index is 14.0. The Bertz CT molecular complexity index is 454. The fourth-order valence-electron chi connectivity index (χ4n) is 2.38. The highest BCUT2D eigenvalue weighted by Gasteiger charge is 2.32. The quantitative estimate of drug-likeness (QED) is 0.877. The van der Waals surface area contributed by atoms with E-state index in [0.717, 1.165) is 19.3 Å². The first-order valence-electron chi connectivity index (χ1n) is 6.43. The second-order valence-electron chi connectivity index (χ2n) is 4.94. The second-order valence-corrected chi connectivity index (χ2v) is 4.94. The van der Waals surface area contributed by atoms with Gasteiger partial charge in [0.15, 0.2) is 11.5 Å². The molecule has 1 aliphatic carbocycles. The van der Waals surface area contributed by atoms with Gasteiger partial charge in [-0.2, -0.15) is 0 Å². The Balaban J connectivity index is 0.00000200. The van der Waals surface area contributed by atoms with Gasteiger partial charge in [0.2, 0.25) is 0 Å². The molecule has 0 aromatic heterocycles. The maximum absolute atomic E-state index is 14.0. The van der Waals surface area contributed by atoms with Crippen molar-refractivity contribution in [2.75, 3.05) is 14.2 Å². The number of hydrogen-bond acceptors (Lipinski definition) is 4. The van der Waals surface area contributed by atoms with E-state index in [-0.39, 0.29) is 23.9 Å². The van der Waals surface area contributed by atoms with Crippen molar-refractivity contribution in [2.24, 2.45) is 11.7 Å². The average Bonchev–Trinajstić information content (AvgIpc) is 2.35. The molecule has 20 heavy (non-hydrogen) atoms. The number of aliphatic hydroxyl groups excluding tert-OH is 1. The largest absolute Gasteiger partial charge is 0.493 e. The van der Waals surface area contributed by atoms with Gasteiger partial charge >= 0.3 is 0 Å². The summed E-state index contributed by atoms with van der Waals surface area (Å²) in [4.78, 5) is 0. The summed E-state index contributed by atoms with van der Waals surface area (Å²) >= 11 is 0. The Hall–Kier alpha value is -1.04. The van der Waals surface area contributed by atoms with Gasteiger partial charge in [0.05, 0.1) is 26.4 Å². The van der Waals surface area contributed by atoms with Gasteiger partial charge in [-0.05, 0) is 24.8 Å². The molecule has 3 N–H and O–H groups in total. The van der Waals surface area contributed by atoms with E-state index < -0.39 is 18.0 Å². The van der Waals surface area contributed by atoms with Crippen LogP contribution >= 0.6 is 12.4 Å². The van der Waals surface area contributed by atoms with E-state index in [4.69, 9.17) is 15.2 Å². The molecule has 1 aromatic rings. The van der Waals surface area contributed by atoms with Crippen LogP contribution in [0, 0.1) is 11.7 Å². The molecule has 0 saturated heterocycles. The van der Waals surface area contributed by atoms with Gasteiger partial charge < -0.3 is 20.3 Å². The number of methoxy groups -OCH3 is 2. The summed E-state index contributed by atoms with van der Waals surface area (Å²) in [5.41, 5.74) is 6.24. The molecule has 114 valence electrons. The molecule has 0 heterocycles. The topological polar surface area (TPSA) is 64.7 Å². The number of ether oxygens (including phenoxy) is 2. The zero-order valence-electron chi connectivity index (χ0n) is 11.6. The van der Waals surface area contributed by atoms with Crippen molar-refractivity contribution in [3.05, 3.63) is 23.5 Å². The normalized spacial score (nSPS) is 17.6. The minimum absolute atomic E-state index is 0. The fraction of sp³-hybridized carbons (Fsp3) is 0.571. The highest BCUT2D eigenvalue weighted by Crippen LogP contribution is 2.37. The zero-order valence-corrected chi connectivity index (χ0v) is 12.5. The summed E-state index contributed by atoms with van der Waals surface area (Å²) in [6, 6.07) is 1.99. The first kappa shape index (κ1) is 17.0. The number of benzene rings is 1. The van der Waals surface area contributed by atoms with Crippen LogP contribution < -0.4 is 15.2 Å². The third-order valence-electron chi connectivity index (χ3n) is 3.86. The molecule has 1 aromatic carbocycles. The van der Waals surface area contributed by atoms with Gasteiger partial charge in [-0.3, -0.25) is 0 Å². The van der Waals surface area contributed by atoms with Crippen LogP contribution in [0.5, 0.6) is 11.5 Å². The molecule has 1 fully saturated rings. The zero-order chi connectivity index (χ0) is 14.0. The Kier molecular flexibility index (Phi) is 6.05. The third-order valence-corrected chi connectivity index (χ3v) is 3.86. The van der Waals surface area contributed by atoms with E-state index in [9.17, 15) is 9.50 Å². The van der Waals surface area contributed by atoms with E-state index in [1.165, 1.54) is 26.4 Å². The van der Waals surface area contributed by atoms with Crippen molar-refractivity contribution in [3.8, 4) is 11.5 Å². The van der Waals surface area contributed by atoms with E-state index in [1.54, 1.807) is 0 Å². The van der Waals surface area contributed by atoms with Crippen LogP contribution in [0.15, 0.2) is 12.1 Å². The van der Waals surface area contributed by atoms with Gasteiger partial charge in [0, 0.05) is 11.6 Å². The van der Waals surface area contributed by atoms with Crippen LogP contribution in [0.2, 0.25) is 0 Å². The first-order valence-corrected chi connectivity index (χ1v) is 6.43. The minimum atomic E-state index is -0.745. The minimum Gasteiger partial charge on any atom is -0.493 e. The predicted octanol–water partition coefficient (Wildman–Crippen LogP) is 2.43. The van der Waals surface area contributed by atoms with Crippen molar-refractivity contribution >= 4 is 12.4 Å². The number of hydrogen-bond donors (Lipinski definition) is 2. The molecule has 0 unspecified atom stereocenters. The van der Waals surface area contributed by atoms with E-state index >= 15 is 0 Å². The lowest BCUT2D eigenvalue weighted by molar-refractivity contribution is 0.0404. The number of nitrogens with two attached hydrogens (primary N) is 1. The highest BCUT2D eigenvalue weighted by molar-refractivity contribution is 5.85. The lowest BCUT2D eigenvalue weighted by Crippen LogP contribution is -2.36. The molecule has 4 nitrogen and oxygen atoms in total. The van der Waals surface area contributed by atoms with Crippen LogP contribution in [0.3, 0.4) is 0 Å². The highest BCUT2D eigenvalue weighted by atomic mass is 35.5. The molecule has 0 bridgehead atoms. The van der Waals surface area contributed by atoms with Crippen molar-refractivity contribution in [3.63, 3.8) is 0 Å². The molecule has 1 aliphatic rings. The third kappa shape index (κ3) is 3.16. The molecule has 0 aliphatic heterocycles. The van der Waals surface area contributed by atoms with Crippen LogP contribution in [-0.2, 0) is 0 Å². The lowest BCUT2D eigenvalue weighted by atomic mass is 9.77. The van der Waals surface area contributed by atoms with Crippen molar-refractivity contribution < 1.29 is 19.0 Å². The summed E-state index contributed by atoms with van der Waals surface area (Å²) in [7, 11) is 2.92. The SMILES string of the molecule is COc1cc(F)c([C@H](N)[C@H](O)C2CCC2)cc1OC.Cl. The van der Waals surface area contributed by atoms with Gasteiger partial charge in [-0.15, -0.1) is 12.4 Å². The monoisotopic (exact) mass is 305 g/mol. The smallest absolute Gasteiger partial charge is 0.163 e. The Morgan fingerprint density at radius 1 is 1.25 bits per heavy atom. The van der Waals surface area contributed by atoms with Crippen molar-refractivity contribution in [1.29, 1.82) is 0 Å². The molecular weight excluding hydrogens is 285 g/mol. The molecule has 0 amide bonds. The predicted molar refractivity (Wildman–Crippen MR) is 77.0 cm³/mol. The standard InChI is InChI=1S/C14H20FNO3.ClH/c1-18-11-6-9(10(15)7-12(11)19-2)13(16)14(17)8-4-3-5-8;/h6-8,13-14,17H,3-5,16H2,1-2H3;1H/t13-,14+;/m0./s1. The maximum Gasteiger partial charge on any atom is 0.163 e. The van der Waals surface area contributed by atoms with E-state index in [1.807, 2.05) is 0 Å². The van der Waals surface area contributed by atoms with Gasteiger partial charge in [0.25, 0.3) is 0 Å². The Morgan fingerprint density at radius 2 is 1.80 bits per heavy atom. The van der Waals surface area contributed by atoms with Crippen LogP contribution in [0.1, 0.15) is 30.9 Å². The molecule has 0 spiro atoms. The molecular formula is C14H21ClFNO3. The van der Waals surface area contributed by atoms with Crippen LogP contribution in [0.25, 0.3) is 0 Å². The molecule has 2 rings (SSSR count). The van der Waals surface area contributed by atoms with Crippen molar-refractivity contribution in [2.45, 2.75) is 31.4 Å². The summed E-state index contributed by atoms with van der Waals surface area (Å²) in [5.74, 6) is 0.412. The molecule has 1 saturated carbocycles. The number of rotatable bonds is 5. The average molecular weight is 306 g/mol. The first-order chi connectivity index (χ1) is 9.08. The second kappa shape index (κ2) is 7.11. The van der Waals surface area contributed by atoms with Crippen molar-refractivity contribution in [1.82, 2.24) is 0 Å². The fourth-order valence-corrected chi connectivity index (χ4v) is 2.38. The Labute approximate surface area is 124 Å². The van der Waals surface area contributed by atoms with E-state index in [0.29, 0.717) is 11.5 Å². The van der Waals surface area contributed by atoms with Gasteiger partial charge in [0.1, 0.15) is 5.82 Å². The van der Waals surface area contributed by atoms with Gasteiger partial charge in [-0.1, -0.05) is 6.42 Å². The summed E-state index contributed by atoms with van der Waals surface area (Å²) < 4.78 is 24.2. The number of aliphatic hydroxyl groups is 1. The molecule has 6 heteroatoms. The van der Waals surface area contributed by atoms with Crippen LogP contribution in [0.4, 0.5) is 4.39 Å². The lowest BCUT2D eigenvalue weighted by Gasteiger charge is -2.34. The molecule has 2 atom stereocenters. The summed E-state index contributed by atoms with van der Waals surface area (Å²) in [5, 5.41) is 10.1. The molecule has 0 radical (unpaired) electrons. The summed E-state index contributed by atoms with van der Waals surface area (Å²) in [6.45, 7) is 0. The van der Waals surface area contributed by atoms with E-state index in [2.05, 4.69) is 0 Å². The summed E-state index contributed by atoms with van der Waals surface area (Å²) in [6.07, 6.45) is 2.28. The number of halogens is 2. The van der Waals surface area contributed by atoms with Gasteiger partial charge in [-0.25, -0.2) is 4.39 Å². The Morgan fingerprint density at radius 3 is 2.25 bits per heavy atom. The van der Waals surface area contributed by atoms with Crippen LogP contribution in [-0.4, -0.2) is 25.4 Å².